The van der Waals surface area contributed by atoms with Crippen molar-refractivity contribution in [3.8, 4) is 0 Å². The number of amides is 1. The molecule has 3 unspecified atom stereocenters. The Balaban J connectivity index is 4.55. The summed E-state index contributed by atoms with van der Waals surface area (Å²) in [4.78, 5) is 26.0. The van der Waals surface area contributed by atoms with E-state index in [0.717, 1.165) is 89.9 Å². The van der Waals surface area contributed by atoms with Crippen molar-refractivity contribution in [3.63, 3.8) is 0 Å². The van der Waals surface area contributed by atoms with Crippen LogP contribution in [-0.2, 0) is 14.3 Å². The minimum absolute atomic E-state index is 0.0623. The number of hydrogen-bond acceptors (Lipinski definition) is 5. The summed E-state index contributed by atoms with van der Waals surface area (Å²) >= 11 is 0. The number of ether oxygens (including phenoxy) is 1. The molecule has 0 aliphatic rings. The third-order valence-corrected chi connectivity index (χ3v) is 11.2. The Morgan fingerprint density at radius 2 is 0.930 bits per heavy atom. The molecule has 6 nitrogen and oxygen atoms in total. The minimum Gasteiger partial charge on any atom is -0.462 e. The lowest BCUT2D eigenvalue weighted by Crippen LogP contribution is -2.46. The maximum Gasteiger partial charge on any atom is 0.306 e. The maximum absolute atomic E-state index is 13.2. The molecule has 0 saturated carbocycles. The topological polar surface area (TPSA) is 95.9 Å². The molecule has 0 aromatic rings. The fraction of sp³-hybridized carbons (Fsp3) is 0.843. The second-order valence-electron chi connectivity index (χ2n) is 16.9. The number of carbonyl (C=O) groups is 2. The van der Waals surface area contributed by atoms with Crippen LogP contribution in [-0.4, -0.2) is 46.9 Å². The van der Waals surface area contributed by atoms with Crippen LogP contribution in [0, 0.1) is 0 Å². The van der Waals surface area contributed by atoms with Crippen molar-refractivity contribution in [2.24, 2.45) is 0 Å². The van der Waals surface area contributed by atoms with Gasteiger partial charge in [0.05, 0.1) is 25.2 Å². The van der Waals surface area contributed by atoms with Gasteiger partial charge in [0.1, 0.15) is 6.10 Å². The first kappa shape index (κ1) is 55.1. The molecule has 0 rings (SSSR count). The highest BCUT2D eigenvalue weighted by Crippen LogP contribution is 2.17. The summed E-state index contributed by atoms with van der Waals surface area (Å²) < 4.78 is 5.89. The summed E-state index contributed by atoms with van der Waals surface area (Å²) in [5.41, 5.74) is 0. The molecule has 0 aliphatic heterocycles. The zero-order valence-electron chi connectivity index (χ0n) is 38.0. The number of nitrogens with one attached hydrogen (secondary N) is 1. The SMILES string of the molecule is CCC/C=C\CCCCCCCC(=O)OC(CCCCCC/C=C/C=C/CCCCC)CC(=O)NC(CO)C(O)CCCCCCCCCCCCCCCCC. The van der Waals surface area contributed by atoms with Gasteiger partial charge in [0.25, 0.3) is 0 Å². The highest BCUT2D eigenvalue weighted by atomic mass is 16.5. The normalized spacial score (nSPS) is 13.6. The van der Waals surface area contributed by atoms with Gasteiger partial charge in [-0.3, -0.25) is 9.59 Å². The number of unbranched alkanes of at least 4 members (excludes halogenated alkanes) is 27. The molecule has 0 heterocycles. The van der Waals surface area contributed by atoms with Crippen molar-refractivity contribution in [2.75, 3.05) is 6.61 Å². The first-order valence-corrected chi connectivity index (χ1v) is 24.7. The predicted molar refractivity (Wildman–Crippen MR) is 246 cm³/mol. The molecule has 0 fully saturated rings. The van der Waals surface area contributed by atoms with Gasteiger partial charge in [-0.25, -0.2) is 0 Å². The Kier molecular flexibility index (Phi) is 43.6. The van der Waals surface area contributed by atoms with E-state index in [0.29, 0.717) is 19.3 Å². The first-order valence-electron chi connectivity index (χ1n) is 24.7. The number of allylic oxidation sites excluding steroid dienone is 6. The van der Waals surface area contributed by atoms with Crippen LogP contribution in [0.2, 0.25) is 0 Å². The molecule has 334 valence electrons. The predicted octanol–water partition coefficient (Wildman–Crippen LogP) is 14.5. The van der Waals surface area contributed by atoms with Crippen LogP contribution in [0.5, 0.6) is 0 Å². The van der Waals surface area contributed by atoms with Crippen LogP contribution in [0.4, 0.5) is 0 Å². The summed E-state index contributed by atoms with van der Waals surface area (Å²) in [6.45, 7) is 6.39. The van der Waals surface area contributed by atoms with Gasteiger partial charge >= 0.3 is 5.97 Å². The summed E-state index contributed by atoms with van der Waals surface area (Å²) in [5.74, 6) is -0.502. The zero-order valence-corrected chi connectivity index (χ0v) is 38.0. The van der Waals surface area contributed by atoms with Crippen molar-refractivity contribution >= 4 is 11.9 Å². The molecule has 3 N–H and O–H groups in total. The second-order valence-corrected chi connectivity index (χ2v) is 16.9. The monoisotopic (exact) mass is 802 g/mol. The van der Waals surface area contributed by atoms with E-state index in [1.807, 2.05) is 0 Å². The van der Waals surface area contributed by atoms with Gasteiger partial charge in [-0.2, -0.15) is 0 Å². The lowest BCUT2D eigenvalue weighted by atomic mass is 10.0. The van der Waals surface area contributed by atoms with Crippen molar-refractivity contribution in [1.29, 1.82) is 0 Å². The molecule has 0 aromatic carbocycles. The number of aliphatic hydroxyl groups excluding tert-OH is 2. The maximum atomic E-state index is 13.2. The van der Waals surface area contributed by atoms with Crippen LogP contribution in [0.3, 0.4) is 0 Å². The van der Waals surface area contributed by atoms with E-state index in [1.54, 1.807) is 0 Å². The molecule has 0 radical (unpaired) electrons. The number of aliphatic hydroxyl groups is 2. The number of hydrogen-bond donors (Lipinski definition) is 3. The standard InChI is InChI=1S/C51H95NO5/c1-4-7-10-13-16-19-22-24-25-27-29-31-34-37-40-43-49(54)48(46-53)52-50(55)45-47(42-39-36-33-30-28-26-23-20-17-14-11-8-5-2)57-51(56)44-41-38-35-32-21-18-15-12-9-6-3/h12,15,17,20,23,26,47-49,53-54H,4-11,13-14,16,18-19,21-22,24-25,27-46H2,1-3H3,(H,52,55)/b15-12-,20-17+,26-23+. The average Bonchev–Trinajstić information content (AvgIpc) is 3.20. The number of rotatable bonds is 44. The van der Waals surface area contributed by atoms with E-state index in [9.17, 15) is 19.8 Å². The fourth-order valence-electron chi connectivity index (χ4n) is 7.42. The molecule has 6 heteroatoms. The fourth-order valence-corrected chi connectivity index (χ4v) is 7.42. The van der Waals surface area contributed by atoms with Gasteiger partial charge in [-0.15, -0.1) is 0 Å². The lowest BCUT2D eigenvalue weighted by molar-refractivity contribution is -0.151. The molecular formula is C51H95NO5. The molecule has 0 saturated heterocycles. The highest BCUT2D eigenvalue weighted by Gasteiger charge is 2.24. The van der Waals surface area contributed by atoms with E-state index in [1.165, 1.54) is 116 Å². The molecule has 1 amide bonds. The van der Waals surface area contributed by atoms with Gasteiger partial charge in [-0.1, -0.05) is 205 Å². The highest BCUT2D eigenvalue weighted by molar-refractivity contribution is 5.77. The smallest absolute Gasteiger partial charge is 0.306 e. The Hall–Kier alpha value is -1.92. The summed E-state index contributed by atoms with van der Waals surface area (Å²) in [6, 6.07) is -0.707. The average molecular weight is 802 g/mol. The molecular weight excluding hydrogens is 707 g/mol. The van der Waals surface area contributed by atoms with Gasteiger partial charge in [0.15, 0.2) is 0 Å². The van der Waals surface area contributed by atoms with E-state index in [4.69, 9.17) is 4.74 Å². The molecule has 0 spiro atoms. The van der Waals surface area contributed by atoms with Crippen molar-refractivity contribution < 1.29 is 24.5 Å². The van der Waals surface area contributed by atoms with Crippen LogP contribution in [0.15, 0.2) is 36.5 Å². The second kappa shape index (κ2) is 45.2. The quantitative estimate of drug-likeness (QED) is 0.0247. The van der Waals surface area contributed by atoms with E-state index >= 15 is 0 Å². The van der Waals surface area contributed by atoms with Gasteiger partial charge < -0.3 is 20.3 Å². The van der Waals surface area contributed by atoms with E-state index < -0.39 is 18.2 Å². The van der Waals surface area contributed by atoms with E-state index in [-0.39, 0.29) is 24.9 Å². The van der Waals surface area contributed by atoms with Gasteiger partial charge in [0.2, 0.25) is 5.91 Å². The van der Waals surface area contributed by atoms with Crippen LogP contribution in [0.25, 0.3) is 0 Å². The first-order chi connectivity index (χ1) is 28.0. The largest absolute Gasteiger partial charge is 0.462 e. The number of esters is 1. The van der Waals surface area contributed by atoms with Crippen LogP contribution in [0.1, 0.15) is 252 Å². The van der Waals surface area contributed by atoms with Crippen molar-refractivity contribution in [3.05, 3.63) is 36.5 Å². The third kappa shape index (κ3) is 40.6. The van der Waals surface area contributed by atoms with Crippen LogP contribution >= 0.6 is 0 Å². The summed E-state index contributed by atoms with van der Waals surface area (Å²) in [6.07, 6.45) is 52.0. The van der Waals surface area contributed by atoms with Crippen LogP contribution < -0.4 is 5.32 Å². The van der Waals surface area contributed by atoms with E-state index in [2.05, 4.69) is 62.5 Å². The minimum atomic E-state index is -0.792. The Bertz CT molecular complexity index is 946. The molecule has 0 aliphatic carbocycles. The Morgan fingerprint density at radius 1 is 0.509 bits per heavy atom. The van der Waals surface area contributed by atoms with Gasteiger partial charge in [0, 0.05) is 6.42 Å². The molecule has 0 aromatic heterocycles. The van der Waals surface area contributed by atoms with Crippen molar-refractivity contribution in [1.82, 2.24) is 5.32 Å². The Morgan fingerprint density at radius 3 is 1.46 bits per heavy atom. The summed E-state index contributed by atoms with van der Waals surface area (Å²) in [5, 5.41) is 23.7. The summed E-state index contributed by atoms with van der Waals surface area (Å²) in [7, 11) is 0. The Labute approximate surface area is 353 Å². The molecule has 57 heavy (non-hydrogen) atoms. The lowest BCUT2D eigenvalue weighted by Gasteiger charge is -2.24. The van der Waals surface area contributed by atoms with Crippen molar-refractivity contribution in [2.45, 2.75) is 270 Å². The molecule has 0 bridgehead atoms. The number of carbonyl (C=O) groups excluding carboxylic acids is 2. The third-order valence-electron chi connectivity index (χ3n) is 11.2. The molecule has 3 atom stereocenters. The zero-order chi connectivity index (χ0) is 41.7. The van der Waals surface area contributed by atoms with Gasteiger partial charge in [-0.05, 0) is 70.6 Å².